The Bertz CT molecular complexity index is 1120. The summed E-state index contributed by atoms with van der Waals surface area (Å²) in [6.07, 6.45) is 4.14. The average Bonchev–Trinajstić information content (AvgIpc) is 2.91. The van der Waals surface area contributed by atoms with E-state index in [0.29, 0.717) is 33.2 Å². The minimum atomic E-state index is -0.194. The molecule has 0 radical (unpaired) electrons. The maximum atomic E-state index is 12.9. The molecule has 1 aliphatic rings. The Morgan fingerprint density at radius 2 is 1.93 bits per heavy atom. The largest absolute Gasteiger partial charge is 0.326 e. The highest BCUT2D eigenvalue weighted by atomic mass is 35.5. The van der Waals surface area contributed by atoms with E-state index in [2.05, 4.69) is 10.3 Å². The molecular weight excluding hydrogens is 397 g/mol. The summed E-state index contributed by atoms with van der Waals surface area (Å²) >= 11 is 11.9. The Kier molecular flexibility index (Phi) is 5.38. The molecule has 1 aliphatic heterocycles. The molecule has 0 aliphatic carbocycles. The van der Waals surface area contributed by atoms with Crippen molar-refractivity contribution >= 4 is 45.7 Å². The van der Waals surface area contributed by atoms with Crippen LogP contribution in [0.4, 0.5) is 5.69 Å². The van der Waals surface area contributed by atoms with Crippen LogP contribution in [0, 0.1) is 0 Å². The number of benzene rings is 2. The lowest BCUT2D eigenvalue weighted by Gasteiger charge is -2.11. The smallest absolute Gasteiger partial charge is 0.261 e. The number of carbonyl (C=O) groups is 1. The molecule has 1 aromatic heterocycles. The van der Waals surface area contributed by atoms with Crippen LogP contribution < -0.4 is 10.9 Å². The normalized spacial score (nSPS) is 13.8. The van der Waals surface area contributed by atoms with Gasteiger partial charge in [0.2, 0.25) is 5.91 Å². The van der Waals surface area contributed by atoms with E-state index < -0.39 is 0 Å². The summed E-state index contributed by atoms with van der Waals surface area (Å²) < 4.78 is 1.77. The third kappa shape index (κ3) is 3.91. The minimum Gasteiger partial charge on any atom is -0.326 e. The first-order valence-corrected chi connectivity index (χ1v) is 10.0. The molecule has 0 unspecified atom stereocenters. The molecule has 28 heavy (non-hydrogen) atoms. The monoisotopic (exact) mass is 415 g/mol. The van der Waals surface area contributed by atoms with E-state index in [9.17, 15) is 9.59 Å². The first-order chi connectivity index (χ1) is 13.5. The van der Waals surface area contributed by atoms with Crippen molar-refractivity contribution < 1.29 is 4.79 Å². The highest BCUT2D eigenvalue weighted by Crippen LogP contribution is 2.23. The summed E-state index contributed by atoms with van der Waals surface area (Å²) in [5.74, 6) is 0.659. The summed E-state index contributed by atoms with van der Waals surface area (Å²) in [5.41, 5.74) is 1.97. The molecule has 0 bridgehead atoms. The van der Waals surface area contributed by atoms with Crippen molar-refractivity contribution in [2.75, 3.05) is 5.32 Å². The van der Waals surface area contributed by atoms with E-state index in [4.69, 9.17) is 23.2 Å². The first kappa shape index (κ1) is 19.0. The van der Waals surface area contributed by atoms with E-state index in [1.54, 1.807) is 41.0 Å². The van der Waals surface area contributed by atoms with Gasteiger partial charge in [0.05, 0.1) is 27.4 Å². The number of aryl methyl sites for hydroxylation is 1. The lowest BCUT2D eigenvalue weighted by Crippen LogP contribution is -2.24. The second-order valence-corrected chi connectivity index (χ2v) is 7.82. The van der Waals surface area contributed by atoms with Crippen LogP contribution in [-0.2, 0) is 24.2 Å². The molecule has 0 saturated carbocycles. The van der Waals surface area contributed by atoms with Gasteiger partial charge >= 0.3 is 0 Å². The first-order valence-electron chi connectivity index (χ1n) is 9.28. The van der Waals surface area contributed by atoms with Crippen LogP contribution in [0.15, 0.2) is 41.2 Å². The van der Waals surface area contributed by atoms with Crippen LogP contribution >= 0.6 is 23.2 Å². The van der Waals surface area contributed by atoms with Gasteiger partial charge in [0, 0.05) is 18.7 Å². The highest BCUT2D eigenvalue weighted by Gasteiger charge is 2.14. The minimum absolute atomic E-state index is 0.0394. The Labute approximate surface area is 172 Å². The molecule has 144 valence electrons. The predicted octanol–water partition coefficient (Wildman–Crippen LogP) is 4.61. The molecule has 3 aromatic rings. The Morgan fingerprint density at radius 3 is 2.75 bits per heavy atom. The molecule has 0 atom stereocenters. The van der Waals surface area contributed by atoms with Crippen molar-refractivity contribution in [2.24, 2.45) is 0 Å². The number of aromatic nitrogens is 2. The summed E-state index contributed by atoms with van der Waals surface area (Å²) in [7, 11) is 0. The van der Waals surface area contributed by atoms with Gasteiger partial charge in [0.15, 0.2) is 0 Å². The van der Waals surface area contributed by atoms with Gasteiger partial charge in [-0.15, -0.1) is 0 Å². The van der Waals surface area contributed by atoms with Gasteiger partial charge < -0.3 is 5.32 Å². The number of rotatable bonds is 3. The summed E-state index contributed by atoms with van der Waals surface area (Å²) in [5, 5.41) is 4.24. The topological polar surface area (TPSA) is 64.0 Å². The maximum Gasteiger partial charge on any atom is 0.261 e. The molecule has 0 spiro atoms. The second-order valence-electron chi connectivity index (χ2n) is 7.00. The van der Waals surface area contributed by atoms with Crippen molar-refractivity contribution in [1.29, 1.82) is 0 Å². The van der Waals surface area contributed by atoms with E-state index in [1.165, 1.54) is 0 Å². The number of fused-ring (bicyclic) bond motifs is 2. The SMILES string of the molecule is O=C(Cc1ccc(Cl)c(Cl)c1)Nc1ccc2nc3n(c(=O)c2c1)CCCCC3. The molecule has 4 rings (SSSR count). The van der Waals surface area contributed by atoms with E-state index in [-0.39, 0.29) is 17.9 Å². The van der Waals surface area contributed by atoms with Gasteiger partial charge in [0.1, 0.15) is 5.82 Å². The van der Waals surface area contributed by atoms with Crippen molar-refractivity contribution in [3.8, 4) is 0 Å². The fourth-order valence-corrected chi connectivity index (χ4v) is 3.86. The zero-order chi connectivity index (χ0) is 19.7. The van der Waals surface area contributed by atoms with Crippen LogP contribution in [-0.4, -0.2) is 15.5 Å². The van der Waals surface area contributed by atoms with Gasteiger partial charge in [0.25, 0.3) is 5.56 Å². The predicted molar refractivity (Wildman–Crippen MR) is 112 cm³/mol. The molecule has 7 heteroatoms. The molecule has 5 nitrogen and oxygen atoms in total. The number of halogens is 2. The third-order valence-corrected chi connectivity index (χ3v) is 5.69. The zero-order valence-corrected chi connectivity index (χ0v) is 16.7. The Hall–Kier alpha value is -2.37. The number of nitrogens with zero attached hydrogens (tertiary/aromatic N) is 2. The quantitative estimate of drug-likeness (QED) is 0.678. The van der Waals surface area contributed by atoms with Gasteiger partial charge in [-0.25, -0.2) is 4.98 Å². The van der Waals surface area contributed by atoms with Gasteiger partial charge in [-0.3, -0.25) is 14.2 Å². The molecule has 1 N–H and O–H groups in total. The average molecular weight is 416 g/mol. The van der Waals surface area contributed by atoms with Gasteiger partial charge in [-0.1, -0.05) is 35.7 Å². The van der Waals surface area contributed by atoms with Crippen molar-refractivity contribution in [3.05, 3.63) is 68.2 Å². The second kappa shape index (κ2) is 7.94. The summed E-state index contributed by atoms with van der Waals surface area (Å²) in [4.78, 5) is 30.0. The molecular formula is C21H19Cl2N3O2. The van der Waals surface area contributed by atoms with Crippen molar-refractivity contribution in [3.63, 3.8) is 0 Å². The number of hydrogen-bond donors (Lipinski definition) is 1. The molecule has 2 aromatic carbocycles. The number of anilines is 1. The van der Waals surface area contributed by atoms with Crippen LogP contribution in [0.1, 0.15) is 30.7 Å². The van der Waals surface area contributed by atoms with Crippen LogP contribution in [0.2, 0.25) is 10.0 Å². The standard InChI is InChI=1S/C21H19Cl2N3O2/c22-16-7-5-13(10-17(16)23)11-20(27)24-14-6-8-18-15(12-14)21(28)26-9-3-1-2-4-19(26)25-18/h5-8,10,12H,1-4,9,11H2,(H,24,27). The maximum absolute atomic E-state index is 12.9. The molecule has 0 saturated heterocycles. The number of nitrogens with one attached hydrogen (secondary N) is 1. The fourth-order valence-electron chi connectivity index (χ4n) is 3.54. The highest BCUT2D eigenvalue weighted by molar-refractivity contribution is 6.42. The van der Waals surface area contributed by atoms with Crippen LogP contribution in [0.5, 0.6) is 0 Å². The van der Waals surface area contributed by atoms with Crippen molar-refractivity contribution in [1.82, 2.24) is 9.55 Å². The summed E-state index contributed by atoms with van der Waals surface area (Å²) in [6, 6.07) is 10.4. The number of hydrogen-bond acceptors (Lipinski definition) is 3. The summed E-state index contributed by atoms with van der Waals surface area (Å²) in [6.45, 7) is 0.699. The lowest BCUT2D eigenvalue weighted by molar-refractivity contribution is -0.115. The van der Waals surface area contributed by atoms with Crippen molar-refractivity contribution in [2.45, 2.75) is 38.6 Å². The van der Waals surface area contributed by atoms with E-state index >= 15 is 0 Å². The Morgan fingerprint density at radius 1 is 1.07 bits per heavy atom. The Balaban J connectivity index is 1.59. The number of amides is 1. The molecule has 1 amide bonds. The fraction of sp³-hybridized carbons (Fsp3) is 0.286. The third-order valence-electron chi connectivity index (χ3n) is 4.95. The molecule has 0 fully saturated rings. The lowest BCUT2D eigenvalue weighted by atomic mass is 10.1. The zero-order valence-electron chi connectivity index (χ0n) is 15.2. The number of carbonyl (C=O) groups excluding carboxylic acids is 1. The van der Waals surface area contributed by atoms with Crippen LogP contribution in [0.25, 0.3) is 10.9 Å². The van der Waals surface area contributed by atoms with Gasteiger partial charge in [-0.05, 0) is 48.7 Å². The molecule has 2 heterocycles. The van der Waals surface area contributed by atoms with E-state index in [0.717, 1.165) is 37.1 Å². The van der Waals surface area contributed by atoms with Crippen LogP contribution in [0.3, 0.4) is 0 Å². The van der Waals surface area contributed by atoms with Gasteiger partial charge in [-0.2, -0.15) is 0 Å². The van der Waals surface area contributed by atoms with E-state index in [1.807, 2.05) is 0 Å².